The highest BCUT2D eigenvalue weighted by molar-refractivity contribution is 7.99. The minimum atomic E-state index is -3.62. The molecule has 3 aromatic rings. The molecule has 5 nitrogen and oxygen atoms in total. The minimum absolute atomic E-state index is 0.0561. The van der Waals surface area contributed by atoms with E-state index >= 15 is 0 Å². The predicted octanol–water partition coefficient (Wildman–Crippen LogP) is 4.11. The Bertz CT molecular complexity index is 1050. The first-order valence-corrected chi connectivity index (χ1v) is 11.2. The number of nitrogens with two attached hydrogens (primary N) is 1. The molecule has 4 N–H and O–H groups in total. The Balaban J connectivity index is 1.66. The molecule has 0 aliphatic rings. The fourth-order valence-electron chi connectivity index (χ4n) is 2.61. The highest BCUT2D eigenvalue weighted by Crippen LogP contribution is 2.29. The van der Waals surface area contributed by atoms with Crippen molar-refractivity contribution in [1.82, 2.24) is 0 Å². The molecular weight excluding hydrogens is 390 g/mol. The van der Waals surface area contributed by atoms with Gasteiger partial charge in [0.05, 0.1) is 10.6 Å². The summed E-state index contributed by atoms with van der Waals surface area (Å²) in [6.07, 6.45) is 0.822. The Morgan fingerprint density at radius 1 is 0.929 bits per heavy atom. The zero-order chi connectivity index (χ0) is 20.0. The van der Waals surface area contributed by atoms with E-state index in [2.05, 4.69) is 4.72 Å². The zero-order valence-electron chi connectivity index (χ0n) is 15.1. The highest BCUT2D eigenvalue weighted by Gasteiger charge is 2.15. The molecule has 0 radical (unpaired) electrons. The topological polar surface area (TPSA) is 96.0 Å². The molecule has 0 aliphatic heterocycles. The number of aryl methyl sites for hydroxylation is 1. The first-order chi connectivity index (χ1) is 13.5. The number of hydrogen-bond acceptors (Lipinski definition) is 4. The van der Waals surface area contributed by atoms with E-state index < -0.39 is 10.0 Å². The molecule has 0 aromatic heterocycles. The van der Waals surface area contributed by atoms with Gasteiger partial charge in [0, 0.05) is 16.2 Å². The number of anilines is 1. The summed E-state index contributed by atoms with van der Waals surface area (Å²) in [6, 6.07) is 23.3. The number of hydrogen-bond donors (Lipinski definition) is 3. The SMILES string of the molecule is N=C(N)c1ccc(CCSc2ccccc2NS(=O)(=O)c2ccccc2)cc1. The Morgan fingerprint density at radius 2 is 1.57 bits per heavy atom. The molecule has 0 fully saturated rings. The molecule has 144 valence electrons. The van der Waals surface area contributed by atoms with E-state index in [4.69, 9.17) is 11.1 Å². The fraction of sp³-hybridized carbons (Fsp3) is 0.0952. The number of benzene rings is 3. The monoisotopic (exact) mass is 411 g/mol. The summed E-state index contributed by atoms with van der Waals surface area (Å²) >= 11 is 1.59. The second kappa shape index (κ2) is 8.95. The van der Waals surface area contributed by atoms with Gasteiger partial charge in [0.15, 0.2) is 0 Å². The third-order valence-electron chi connectivity index (χ3n) is 4.10. The number of nitrogen functional groups attached to an aromatic ring is 1. The van der Waals surface area contributed by atoms with Crippen LogP contribution in [0.3, 0.4) is 0 Å². The average Bonchev–Trinajstić information content (AvgIpc) is 2.70. The van der Waals surface area contributed by atoms with E-state index in [0.717, 1.165) is 22.6 Å². The van der Waals surface area contributed by atoms with Gasteiger partial charge in [0.25, 0.3) is 10.0 Å². The maximum absolute atomic E-state index is 12.6. The zero-order valence-corrected chi connectivity index (χ0v) is 16.8. The minimum Gasteiger partial charge on any atom is -0.384 e. The number of amidine groups is 1. The molecular formula is C21H21N3O2S2. The van der Waals surface area contributed by atoms with Crippen LogP contribution in [0.25, 0.3) is 0 Å². The van der Waals surface area contributed by atoms with Crippen LogP contribution >= 0.6 is 11.8 Å². The van der Waals surface area contributed by atoms with Gasteiger partial charge in [0.2, 0.25) is 0 Å². The van der Waals surface area contributed by atoms with Crippen molar-refractivity contribution in [2.45, 2.75) is 16.2 Å². The summed E-state index contributed by atoms with van der Waals surface area (Å²) in [4.78, 5) is 1.11. The summed E-state index contributed by atoms with van der Waals surface area (Å²) in [6.45, 7) is 0. The number of para-hydroxylation sites is 1. The van der Waals surface area contributed by atoms with Crippen LogP contribution in [0.2, 0.25) is 0 Å². The van der Waals surface area contributed by atoms with Crippen molar-refractivity contribution in [2.24, 2.45) is 5.73 Å². The first-order valence-electron chi connectivity index (χ1n) is 8.69. The highest BCUT2D eigenvalue weighted by atomic mass is 32.2. The van der Waals surface area contributed by atoms with Gasteiger partial charge in [-0.15, -0.1) is 11.8 Å². The molecule has 0 amide bonds. The van der Waals surface area contributed by atoms with Crippen molar-refractivity contribution >= 4 is 33.3 Å². The summed E-state index contributed by atoms with van der Waals surface area (Å²) in [5.41, 5.74) is 7.89. The van der Waals surface area contributed by atoms with Crippen molar-refractivity contribution in [3.8, 4) is 0 Å². The molecule has 0 saturated carbocycles. The number of rotatable bonds is 8. The Labute approximate surface area is 169 Å². The second-order valence-electron chi connectivity index (χ2n) is 6.12. The molecule has 0 aliphatic carbocycles. The molecule has 28 heavy (non-hydrogen) atoms. The third-order valence-corrected chi connectivity index (χ3v) is 6.55. The lowest BCUT2D eigenvalue weighted by molar-refractivity contribution is 0.601. The van der Waals surface area contributed by atoms with Gasteiger partial charge in [-0.3, -0.25) is 10.1 Å². The maximum Gasteiger partial charge on any atom is 0.261 e. The van der Waals surface area contributed by atoms with Crippen molar-refractivity contribution < 1.29 is 8.42 Å². The largest absolute Gasteiger partial charge is 0.384 e. The average molecular weight is 412 g/mol. The molecule has 0 saturated heterocycles. The van der Waals surface area contributed by atoms with Gasteiger partial charge in [-0.2, -0.15) is 0 Å². The predicted molar refractivity (Wildman–Crippen MR) is 116 cm³/mol. The quantitative estimate of drug-likeness (QED) is 0.295. The Kier molecular flexibility index (Phi) is 6.38. The molecule has 7 heteroatoms. The van der Waals surface area contributed by atoms with E-state index in [0.29, 0.717) is 11.3 Å². The van der Waals surface area contributed by atoms with Crippen LogP contribution in [0.1, 0.15) is 11.1 Å². The van der Waals surface area contributed by atoms with E-state index in [-0.39, 0.29) is 10.7 Å². The van der Waals surface area contributed by atoms with Gasteiger partial charge >= 0.3 is 0 Å². The summed E-state index contributed by atoms with van der Waals surface area (Å²) in [7, 11) is -3.62. The van der Waals surface area contributed by atoms with E-state index in [1.54, 1.807) is 48.2 Å². The van der Waals surface area contributed by atoms with Gasteiger partial charge in [-0.1, -0.05) is 54.6 Å². The molecule has 0 unspecified atom stereocenters. The lowest BCUT2D eigenvalue weighted by Gasteiger charge is -2.12. The Hall–Kier alpha value is -2.77. The first kappa shape index (κ1) is 20.0. The smallest absolute Gasteiger partial charge is 0.261 e. The number of nitrogens with one attached hydrogen (secondary N) is 2. The molecule has 0 spiro atoms. The fourth-order valence-corrected chi connectivity index (χ4v) is 4.78. The summed E-state index contributed by atoms with van der Waals surface area (Å²) in [5, 5.41) is 7.43. The van der Waals surface area contributed by atoms with Gasteiger partial charge in [-0.05, 0) is 36.2 Å². The molecule has 0 bridgehead atoms. The van der Waals surface area contributed by atoms with Crippen LogP contribution in [-0.2, 0) is 16.4 Å². The molecule has 0 heterocycles. The van der Waals surface area contributed by atoms with Crippen LogP contribution < -0.4 is 10.5 Å². The second-order valence-corrected chi connectivity index (χ2v) is 8.94. The van der Waals surface area contributed by atoms with Crippen molar-refractivity contribution in [3.63, 3.8) is 0 Å². The Morgan fingerprint density at radius 3 is 2.25 bits per heavy atom. The molecule has 3 aromatic carbocycles. The van der Waals surface area contributed by atoms with Crippen LogP contribution in [0, 0.1) is 5.41 Å². The van der Waals surface area contributed by atoms with Crippen LogP contribution in [-0.4, -0.2) is 20.0 Å². The van der Waals surface area contributed by atoms with Crippen LogP contribution in [0.4, 0.5) is 5.69 Å². The van der Waals surface area contributed by atoms with Gasteiger partial charge < -0.3 is 5.73 Å². The third kappa shape index (κ3) is 5.15. The van der Waals surface area contributed by atoms with Crippen molar-refractivity contribution in [1.29, 1.82) is 5.41 Å². The number of thioether (sulfide) groups is 1. The van der Waals surface area contributed by atoms with E-state index in [1.807, 2.05) is 42.5 Å². The van der Waals surface area contributed by atoms with Crippen molar-refractivity contribution in [3.05, 3.63) is 90.0 Å². The van der Waals surface area contributed by atoms with E-state index in [1.165, 1.54) is 0 Å². The normalized spacial score (nSPS) is 11.1. The summed E-state index contributed by atoms with van der Waals surface area (Å²) in [5.74, 6) is 0.851. The molecule has 0 atom stereocenters. The van der Waals surface area contributed by atoms with E-state index in [9.17, 15) is 8.42 Å². The van der Waals surface area contributed by atoms with Crippen molar-refractivity contribution in [2.75, 3.05) is 10.5 Å². The molecule has 3 rings (SSSR count). The van der Waals surface area contributed by atoms with Gasteiger partial charge in [-0.25, -0.2) is 8.42 Å². The summed E-state index contributed by atoms with van der Waals surface area (Å²) < 4.78 is 27.9. The lowest BCUT2D eigenvalue weighted by atomic mass is 10.1. The van der Waals surface area contributed by atoms with Crippen LogP contribution in [0.15, 0.2) is 88.7 Å². The lowest BCUT2D eigenvalue weighted by Crippen LogP contribution is -2.13. The standard InChI is InChI=1S/C21H21N3O2S2/c22-21(23)17-12-10-16(11-13-17)14-15-27-20-9-5-4-8-19(20)24-28(25,26)18-6-2-1-3-7-18/h1-13,24H,14-15H2,(H3,22,23). The number of sulfonamides is 1. The maximum atomic E-state index is 12.6. The van der Waals surface area contributed by atoms with Gasteiger partial charge in [0.1, 0.15) is 5.84 Å². The van der Waals surface area contributed by atoms with Crippen LogP contribution in [0.5, 0.6) is 0 Å².